The highest BCUT2D eigenvalue weighted by atomic mass is 32.1. The number of carbonyl (C=O) groups excluding carboxylic acids is 3. The van der Waals surface area contributed by atoms with E-state index in [-0.39, 0.29) is 36.7 Å². The van der Waals surface area contributed by atoms with Gasteiger partial charge in [-0.15, -0.1) is 11.3 Å². The molecule has 0 radical (unpaired) electrons. The fraction of sp³-hybridized carbons (Fsp3) is 0.500. The monoisotopic (exact) mass is 487 g/mol. The van der Waals surface area contributed by atoms with Gasteiger partial charge in [-0.05, 0) is 38.9 Å². The van der Waals surface area contributed by atoms with Gasteiger partial charge in [0, 0.05) is 36.6 Å². The molecule has 1 aliphatic heterocycles. The van der Waals surface area contributed by atoms with Crippen LogP contribution in [0.4, 0.5) is 5.13 Å². The van der Waals surface area contributed by atoms with E-state index in [1.165, 1.54) is 16.2 Å². The minimum atomic E-state index is -0.327. The number of aromatic nitrogens is 1. The minimum Gasteiger partial charge on any atom is -0.379 e. The maximum atomic E-state index is 12.8. The Bertz CT molecular complexity index is 944. The number of anilines is 1. The van der Waals surface area contributed by atoms with Gasteiger partial charge in [0.25, 0.3) is 5.91 Å². The van der Waals surface area contributed by atoms with Crippen LogP contribution in [0.1, 0.15) is 36.3 Å². The number of benzene rings is 1. The zero-order chi connectivity index (χ0) is 24.3. The quantitative estimate of drug-likeness (QED) is 0.470. The molecular formula is C24H33N5O4S. The maximum Gasteiger partial charge on any atom is 0.254 e. The van der Waals surface area contributed by atoms with Crippen molar-refractivity contribution in [3.05, 3.63) is 47.0 Å². The molecule has 10 heteroatoms. The second-order valence-corrected chi connectivity index (χ2v) is 9.28. The Hall–Kier alpha value is -2.82. The Labute approximate surface area is 204 Å². The van der Waals surface area contributed by atoms with E-state index in [1.54, 1.807) is 29.6 Å². The Morgan fingerprint density at radius 1 is 1.15 bits per heavy atom. The maximum absolute atomic E-state index is 12.8. The first-order chi connectivity index (χ1) is 16.4. The van der Waals surface area contributed by atoms with E-state index in [2.05, 4.69) is 20.5 Å². The van der Waals surface area contributed by atoms with E-state index in [0.29, 0.717) is 22.9 Å². The van der Waals surface area contributed by atoms with E-state index >= 15 is 0 Å². The number of hydrogen-bond donors (Lipinski definition) is 2. The molecule has 0 aliphatic carbocycles. The van der Waals surface area contributed by atoms with Crippen LogP contribution < -0.4 is 10.6 Å². The number of rotatable bonds is 11. The highest BCUT2D eigenvalue weighted by molar-refractivity contribution is 7.13. The van der Waals surface area contributed by atoms with E-state index in [4.69, 9.17) is 4.74 Å². The molecule has 1 aromatic carbocycles. The van der Waals surface area contributed by atoms with Gasteiger partial charge in [-0.2, -0.15) is 0 Å². The van der Waals surface area contributed by atoms with E-state index in [1.807, 2.05) is 19.9 Å². The number of morpholine rings is 1. The summed E-state index contributed by atoms with van der Waals surface area (Å²) >= 11 is 1.26. The molecule has 0 bridgehead atoms. The van der Waals surface area contributed by atoms with Gasteiger partial charge in [0.05, 0.1) is 25.3 Å². The van der Waals surface area contributed by atoms with Crippen LogP contribution in [0.15, 0.2) is 35.7 Å². The van der Waals surface area contributed by atoms with Gasteiger partial charge >= 0.3 is 0 Å². The summed E-state index contributed by atoms with van der Waals surface area (Å²) in [5, 5.41) is 7.84. The molecule has 3 rings (SSSR count). The summed E-state index contributed by atoms with van der Waals surface area (Å²) in [5.74, 6) is -0.619. The van der Waals surface area contributed by atoms with E-state index in [0.717, 1.165) is 39.3 Å². The number of nitrogens with one attached hydrogen (secondary N) is 2. The van der Waals surface area contributed by atoms with Crippen LogP contribution in [0, 0.1) is 0 Å². The Morgan fingerprint density at radius 3 is 2.59 bits per heavy atom. The van der Waals surface area contributed by atoms with Crippen molar-refractivity contribution >= 4 is 34.2 Å². The van der Waals surface area contributed by atoms with Crippen LogP contribution in [0.3, 0.4) is 0 Å². The van der Waals surface area contributed by atoms with Crippen molar-refractivity contribution in [2.45, 2.75) is 32.7 Å². The van der Waals surface area contributed by atoms with Crippen molar-refractivity contribution in [1.29, 1.82) is 0 Å². The largest absolute Gasteiger partial charge is 0.379 e. The van der Waals surface area contributed by atoms with E-state index < -0.39 is 0 Å². The predicted molar refractivity (Wildman–Crippen MR) is 132 cm³/mol. The molecule has 0 saturated carbocycles. The zero-order valence-electron chi connectivity index (χ0n) is 19.8. The third kappa shape index (κ3) is 8.19. The fourth-order valence-corrected chi connectivity index (χ4v) is 4.30. The number of nitrogens with zero attached hydrogens (tertiary/aromatic N) is 3. The first-order valence-electron chi connectivity index (χ1n) is 11.6. The number of hydrogen-bond acceptors (Lipinski definition) is 7. The highest BCUT2D eigenvalue weighted by Crippen LogP contribution is 2.16. The lowest BCUT2D eigenvalue weighted by molar-refractivity contribution is -0.120. The fourth-order valence-electron chi connectivity index (χ4n) is 3.58. The molecule has 0 spiro atoms. The second kappa shape index (κ2) is 13.2. The molecule has 3 amide bonds. The van der Waals surface area contributed by atoms with Crippen LogP contribution in [0.5, 0.6) is 0 Å². The molecular weight excluding hydrogens is 454 g/mol. The normalized spacial score (nSPS) is 14.1. The summed E-state index contributed by atoms with van der Waals surface area (Å²) in [7, 11) is 0. The van der Waals surface area contributed by atoms with Gasteiger partial charge in [0.2, 0.25) is 11.8 Å². The molecule has 0 atom stereocenters. The van der Waals surface area contributed by atoms with Gasteiger partial charge in [-0.3, -0.25) is 19.3 Å². The molecule has 1 aromatic heterocycles. The molecule has 9 nitrogen and oxygen atoms in total. The van der Waals surface area contributed by atoms with Crippen molar-refractivity contribution in [2.24, 2.45) is 0 Å². The van der Waals surface area contributed by atoms with Crippen LogP contribution in [0.2, 0.25) is 0 Å². The highest BCUT2D eigenvalue weighted by Gasteiger charge is 2.22. The molecule has 1 fully saturated rings. The van der Waals surface area contributed by atoms with Crippen molar-refractivity contribution in [2.75, 3.05) is 51.3 Å². The molecule has 1 saturated heterocycles. The minimum absolute atomic E-state index is 0.0794. The van der Waals surface area contributed by atoms with Gasteiger partial charge in [-0.1, -0.05) is 18.2 Å². The molecule has 2 aromatic rings. The zero-order valence-corrected chi connectivity index (χ0v) is 20.6. The number of amides is 3. The number of carbonyl (C=O) groups is 3. The average molecular weight is 488 g/mol. The average Bonchev–Trinajstić information content (AvgIpc) is 3.27. The third-order valence-electron chi connectivity index (χ3n) is 5.44. The van der Waals surface area contributed by atoms with Gasteiger partial charge < -0.3 is 20.3 Å². The lowest BCUT2D eigenvalue weighted by atomic mass is 10.1. The molecule has 2 N–H and O–H groups in total. The number of thiazole rings is 1. The standard InChI is InChI=1S/C24H33N5O4S/c1-18(2)29(23(32)19-7-4-3-5-8-19)16-22(31)27-24-26-20(17-34-24)15-21(30)25-9-6-10-28-11-13-33-14-12-28/h3-5,7-8,17-18H,6,9-16H2,1-2H3,(H,25,30)(H,26,27,31). The van der Waals surface area contributed by atoms with Crippen molar-refractivity contribution in [1.82, 2.24) is 20.1 Å². The SMILES string of the molecule is CC(C)N(CC(=O)Nc1nc(CC(=O)NCCCN2CCOCC2)cs1)C(=O)c1ccccc1. The first-order valence-corrected chi connectivity index (χ1v) is 12.5. The summed E-state index contributed by atoms with van der Waals surface area (Å²) < 4.78 is 5.33. The van der Waals surface area contributed by atoms with Crippen LogP contribution >= 0.6 is 11.3 Å². The molecule has 2 heterocycles. The summed E-state index contributed by atoms with van der Waals surface area (Å²) in [6.45, 7) is 8.64. The predicted octanol–water partition coefficient (Wildman–Crippen LogP) is 2.01. The summed E-state index contributed by atoms with van der Waals surface area (Å²) in [6, 6.07) is 8.76. The van der Waals surface area contributed by atoms with Gasteiger partial charge in [-0.25, -0.2) is 4.98 Å². The third-order valence-corrected chi connectivity index (χ3v) is 6.24. The number of ether oxygens (including phenoxy) is 1. The van der Waals surface area contributed by atoms with Crippen LogP contribution in [-0.2, 0) is 20.7 Å². The Kier molecular flexibility index (Phi) is 9.99. The summed E-state index contributed by atoms with van der Waals surface area (Å²) in [6.07, 6.45) is 1.05. The Balaban J connectivity index is 1.41. The molecule has 34 heavy (non-hydrogen) atoms. The first kappa shape index (κ1) is 25.8. The van der Waals surface area contributed by atoms with Crippen LogP contribution in [-0.4, -0.2) is 84.5 Å². The van der Waals surface area contributed by atoms with Crippen molar-refractivity contribution < 1.29 is 19.1 Å². The molecule has 0 unspecified atom stereocenters. The molecule has 1 aliphatic rings. The summed E-state index contributed by atoms with van der Waals surface area (Å²) in [5.41, 5.74) is 1.14. The topological polar surface area (TPSA) is 104 Å². The molecule has 184 valence electrons. The van der Waals surface area contributed by atoms with Gasteiger partial charge in [0.1, 0.15) is 6.54 Å². The Morgan fingerprint density at radius 2 is 1.88 bits per heavy atom. The van der Waals surface area contributed by atoms with E-state index in [9.17, 15) is 14.4 Å². The van der Waals surface area contributed by atoms with Crippen molar-refractivity contribution in [3.8, 4) is 0 Å². The smallest absolute Gasteiger partial charge is 0.254 e. The lowest BCUT2D eigenvalue weighted by Gasteiger charge is -2.26. The van der Waals surface area contributed by atoms with Gasteiger partial charge in [0.15, 0.2) is 5.13 Å². The summed E-state index contributed by atoms with van der Waals surface area (Å²) in [4.78, 5) is 45.8. The second-order valence-electron chi connectivity index (χ2n) is 8.42. The van der Waals surface area contributed by atoms with Crippen LogP contribution in [0.25, 0.3) is 0 Å². The lowest BCUT2D eigenvalue weighted by Crippen LogP contribution is -2.42. The van der Waals surface area contributed by atoms with Crippen molar-refractivity contribution in [3.63, 3.8) is 0 Å².